The van der Waals surface area contributed by atoms with Gasteiger partial charge in [-0.05, 0) is 21.8 Å². The van der Waals surface area contributed by atoms with Crippen molar-refractivity contribution in [3.63, 3.8) is 0 Å². The van der Waals surface area contributed by atoms with Gasteiger partial charge in [0, 0.05) is 25.4 Å². The van der Waals surface area contributed by atoms with Gasteiger partial charge >= 0.3 is 5.97 Å². The van der Waals surface area contributed by atoms with Crippen molar-refractivity contribution in [2.45, 2.75) is 45.3 Å². The second kappa shape index (κ2) is 8.82. The third-order valence-electron chi connectivity index (χ3n) is 6.00. The molecule has 1 fully saturated rings. The number of carbonyl (C=O) groups is 1. The molecule has 0 aromatic heterocycles. The lowest BCUT2D eigenvalue weighted by atomic mass is 9.73. The molecule has 1 N–H and O–H groups in total. The van der Waals surface area contributed by atoms with E-state index in [0.29, 0.717) is 6.61 Å². The lowest BCUT2D eigenvalue weighted by molar-refractivity contribution is -0.148. The highest BCUT2D eigenvalue weighted by molar-refractivity contribution is 6.99. The lowest BCUT2D eigenvalue weighted by Crippen LogP contribution is -2.70. The van der Waals surface area contributed by atoms with Gasteiger partial charge in [-0.2, -0.15) is 0 Å². The third kappa shape index (κ3) is 4.32. The van der Waals surface area contributed by atoms with Crippen LogP contribution in [0.5, 0.6) is 0 Å². The number of carbonyl (C=O) groups excluding carboxylic acids is 1. The van der Waals surface area contributed by atoms with Crippen molar-refractivity contribution < 1.29 is 19.1 Å². The number of rotatable bonds is 7. The number of hydrogen-bond acceptors (Lipinski definition) is 4. The summed E-state index contributed by atoms with van der Waals surface area (Å²) in [6.07, 6.45) is 0.678. The molecule has 0 heterocycles. The average molecular weight is 413 g/mol. The first-order chi connectivity index (χ1) is 13.8. The number of ether oxygens (including phenoxy) is 1. The SMILES string of the molecule is CC(=O)OC[C@H]1C[C@@H](CO)[C@H]1O[Si](c1ccccc1)(c1ccccc1)C(C)(C)C. The predicted octanol–water partition coefficient (Wildman–Crippen LogP) is 3.12. The van der Waals surface area contributed by atoms with Crippen LogP contribution in [0.1, 0.15) is 34.1 Å². The Bertz CT molecular complexity index is 761. The van der Waals surface area contributed by atoms with E-state index in [1.165, 1.54) is 17.3 Å². The highest BCUT2D eigenvalue weighted by atomic mass is 28.4. The summed E-state index contributed by atoms with van der Waals surface area (Å²) in [5.74, 6) is -0.100. The Morgan fingerprint density at radius 1 is 1.00 bits per heavy atom. The number of aliphatic hydroxyl groups is 1. The summed E-state index contributed by atoms with van der Waals surface area (Å²) in [6, 6.07) is 21.0. The van der Waals surface area contributed by atoms with Crippen molar-refractivity contribution in [1.82, 2.24) is 0 Å². The second-order valence-corrected chi connectivity index (χ2v) is 13.2. The molecule has 156 valence electrons. The maximum Gasteiger partial charge on any atom is 0.302 e. The molecule has 29 heavy (non-hydrogen) atoms. The third-order valence-corrected chi connectivity index (χ3v) is 11.0. The average Bonchev–Trinajstić information content (AvgIpc) is 2.68. The summed E-state index contributed by atoms with van der Waals surface area (Å²) in [5, 5.41) is 12.2. The molecule has 3 rings (SSSR count). The Morgan fingerprint density at radius 2 is 1.52 bits per heavy atom. The van der Waals surface area contributed by atoms with Crippen LogP contribution in [0.25, 0.3) is 0 Å². The predicted molar refractivity (Wildman–Crippen MR) is 118 cm³/mol. The van der Waals surface area contributed by atoms with Crippen LogP contribution in [0.3, 0.4) is 0 Å². The molecule has 0 spiro atoms. The van der Waals surface area contributed by atoms with Gasteiger partial charge in [0.2, 0.25) is 0 Å². The minimum absolute atomic E-state index is 0.0669. The van der Waals surface area contributed by atoms with Crippen LogP contribution in [0.4, 0.5) is 0 Å². The van der Waals surface area contributed by atoms with Gasteiger partial charge in [0.15, 0.2) is 0 Å². The Balaban J connectivity index is 2.06. The zero-order valence-corrected chi connectivity index (χ0v) is 18.8. The van der Waals surface area contributed by atoms with Gasteiger partial charge in [-0.1, -0.05) is 81.4 Å². The molecule has 1 aliphatic rings. The number of benzene rings is 2. The van der Waals surface area contributed by atoms with Gasteiger partial charge in [-0.15, -0.1) is 0 Å². The van der Waals surface area contributed by atoms with Crippen LogP contribution in [0.15, 0.2) is 60.7 Å². The highest BCUT2D eigenvalue weighted by Gasteiger charge is 2.55. The van der Waals surface area contributed by atoms with Crippen molar-refractivity contribution in [2.75, 3.05) is 13.2 Å². The molecule has 1 aliphatic carbocycles. The number of hydrogen-bond donors (Lipinski definition) is 1. The van der Waals surface area contributed by atoms with Crippen molar-refractivity contribution in [1.29, 1.82) is 0 Å². The van der Waals surface area contributed by atoms with Gasteiger partial charge in [0.05, 0.1) is 12.7 Å². The van der Waals surface area contributed by atoms with E-state index in [4.69, 9.17) is 9.16 Å². The van der Waals surface area contributed by atoms with Crippen LogP contribution in [-0.2, 0) is 14.0 Å². The quantitative estimate of drug-likeness (QED) is 0.561. The Hall–Kier alpha value is -1.95. The Labute approximate surface area is 175 Å². The molecule has 0 saturated heterocycles. The molecule has 3 atom stereocenters. The first-order valence-electron chi connectivity index (χ1n) is 10.3. The van der Waals surface area contributed by atoms with Crippen LogP contribution in [0, 0.1) is 11.8 Å². The smallest absolute Gasteiger partial charge is 0.302 e. The summed E-state index contributed by atoms with van der Waals surface area (Å²) in [7, 11) is -2.69. The van der Waals surface area contributed by atoms with Gasteiger partial charge in [-0.25, -0.2) is 0 Å². The molecular weight excluding hydrogens is 380 g/mol. The molecule has 0 radical (unpaired) electrons. The first-order valence-corrected chi connectivity index (χ1v) is 12.2. The van der Waals surface area contributed by atoms with Crippen LogP contribution >= 0.6 is 0 Å². The van der Waals surface area contributed by atoms with Crippen LogP contribution < -0.4 is 10.4 Å². The maximum absolute atomic E-state index is 11.3. The minimum Gasteiger partial charge on any atom is -0.465 e. The van der Waals surface area contributed by atoms with E-state index in [2.05, 4.69) is 69.3 Å². The molecule has 0 aliphatic heterocycles. The minimum atomic E-state index is -2.69. The fraction of sp³-hybridized carbons (Fsp3) is 0.458. The largest absolute Gasteiger partial charge is 0.465 e. The van der Waals surface area contributed by atoms with E-state index < -0.39 is 8.32 Å². The van der Waals surface area contributed by atoms with Gasteiger partial charge in [-0.3, -0.25) is 4.79 Å². The monoisotopic (exact) mass is 412 g/mol. The molecule has 0 bridgehead atoms. The molecule has 1 saturated carbocycles. The zero-order valence-electron chi connectivity index (χ0n) is 17.8. The normalized spacial score (nSPS) is 22.0. The molecular formula is C24H32O4Si. The topological polar surface area (TPSA) is 55.8 Å². The van der Waals surface area contributed by atoms with Crippen molar-refractivity contribution in [2.24, 2.45) is 11.8 Å². The van der Waals surface area contributed by atoms with Crippen LogP contribution in [0.2, 0.25) is 5.04 Å². The van der Waals surface area contributed by atoms with Crippen molar-refractivity contribution >= 4 is 24.7 Å². The van der Waals surface area contributed by atoms with E-state index in [1.807, 2.05) is 12.1 Å². The molecule has 0 amide bonds. The van der Waals surface area contributed by atoms with Gasteiger partial charge in [0.1, 0.15) is 0 Å². The fourth-order valence-electron chi connectivity index (χ4n) is 4.50. The molecule has 2 aromatic rings. The van der Waals surface area contributed by atoms with E-state index in [1.54, 1.807) is 0 Å². The summed E-state index contributed by atoms with van der Waals surface area (Å²) in [6.45, 7) is 8.58. The van der Waals surface area contributed by atoms with Gasteiger partial charge in [0.25, 0.3) is 8.32 Å². The molecule has 5 heteroatoms. The lowest BCUT2D eigenvalue weighted by Gasteiger charge is -2.52. The number of aliphatic hydroxyl groups excluding tert-OH is 1. The fourth-order valence-corrected chi connectivity index (χ4v) is 9.31. The van der Waals surface area contributed by atoms with E-state index in [0.717, 1.165) is 6.42 Å². The maximum atomic E-state index is 11.3. The summed E-state index contributed by atoms with van der Waals surface area (Å²) < 4.78 is 12.4. The van der Waals surface area contributed by atoms with E-state index in [-0.39, 0.29) is 35.6 Å². The van der Waals surface area contributed by atoms with E-state index in [9.17, 15) is 9.90 Å². The highest BCUT2D eigenvalue weighted by Crippen LogP contribution is 2.44. The zero-order chi connectivity index (χ0) is 21.1. The summed E-state index contributed by atoms with van der Waals surface area (Å²) >= 11 is 0. The molecule has 4 nitrogen and oxygen atoms in total. The Kier molecular flexibility index (Phi) is 6.61. The van der Waals surface area contributed by atoms with E-state index >= 15 is 0 Å². The summed E-state index contributed by atoms with van der Waals surface area (Å²) in [5.41, 5.74) is 0. The van der Waals surface area contributed by atoms with Crippen molar-refractivity contribution in [3.05, 3.63) is 60.7 Å². The van der Waals surface area contributed by atoms with Gasteiger partial charge < -0.3 is 14.3 Å². The van der Waals surface area contributed by atoms with Crippen LogP contribution in [-0.4, -0.2) is 38.7 Å². The first kappa shape index (κ1) is 21.7. The Morgan fingerprint density at radius 3 is 1.93 bits per heavy atom. The number of esters is 1. The standard InChI is InChI=1S/C24H32O4Si/c1-18(26)27-17-20-15-19(16-25)23(20)28-29(24(2,3)4,21-11-7-5-8-12-21)22-13-9-6-10-14-22/h5-14,19-20,23,25H,15-17H2,1-4H3/t19-,20+,23+/m0/s1. The molecule has 0 unspecified atom stereocenters. The second-order valence-electron chi connectivity index (χ2n) is 8.99. The summed E-state index contributed by atoms with van der Waals surface area (Å²) in [4.78, 5) is 11.3. The molecule has 2 aromatic carbocycles. The van der Waals surface area contributed by atoms with Crippen molar-refractivity contribution in [3.8, 4) is 0 Å².